The first-order valence-corrected chi connectivity index (χ1v) is 12.6. The Hall–Kier alpha value is -3.36. The molecule has 2 amide bonds. The lowest BCUT2D eigenvalue weighted by molar-refractivity contribution is 0.244. The number of thiophene rings is 1. The highest BCUT2D eigenvalue weighted by Crippen LogP contribution is 2.39. The Morgan fingerprint density at radius 3 is 2.48 bits per heavy atom. The van der Waals surface area contributed by atoms with Crippen LogP contribution < -0.4 is 10.2 Å². The van der Waals surface area contributed by atoms with Crippen LogP contribution in [-0.2, 0) is 0 Å². The molecule has 0 radical (unpaired) electrons. The predicted molar refractivity (Wildman–Crippen MR) is 133 cm³/mol. The van der Waals surface area contributed by atoms with Gasteiger partial charge in [0.25, 0.3) is 5.89 Å². The maximum absolute atomic E-state index is 13.3. The van der Waals surface area contributed by atoms with Crippen LogP contribution in [0.1, 0.15) is 30.0 Å². The summed E-state index contributed by atoms with van der Waals surface area (Å²) in [5, 5.41) is 9.34. The van der Waals surface area contributed by atoms with Crippen molar-refractivity contribution in [3.8, 4) is 10.7 Å². The maximum Gasteiger partial charge on any atom is 0.326 e. The molecule has 3 heterocycles. The number of urea groups is 1. The topological polar surface area (TPSA) is 71.3 Å². The number of rotatable bonds is 5. The lowest BCUT2D eigenvalue weighted by Gasteiger charge is -2.35. The van der Waals surface area contributed by atoms with Gasteiger partial charge in [0.2, 0.25) is 5.82 Å². The van der Waals surface area contributed by atoms with Crippen LogP contribution in [-0.4, -0.2) is 22.4 Å². The average Bonchev–Trinajstić information content (AvgIpc) is 3.52. The standard InChI is InChI=1S/C25H22N4O2S2/c1-15-6-10-18(11-7-15)29-16(2)21(24-27-23(28-31-24)20-5-4-14-33-20)22(26-25(29)30)17-8-12-19(32-3)13-9-17/h4-14,22H,1-3H3,(H,26,30). The van der Waals surface area contributed by atoms with Gasteiger partial charge in [-0.05, 0) is 61.4 Å². The number of thioether (sulfide) groups is 1. The molecule has 2 aromatic heterocycles. The van der Waals surface area contributed by atoms with E-state index < -0.39 is 6.04 Å². The van der Waals surface area contributed by atoms with Crippen LogP contribution >= 0.6 is 23.1 Å². The number of carbonyl (C=O) groups excluding carboxylic acids is 1. The zero-order valence-electron chi connectivity index (χ0n) is 18.4. The fourth-order valence-electron chi connectivity index (χ4n) is 3.91. The maximum atomic E-state index is 13.3. The summed E-state index contributed by atoms with van der Waals surface area (Å²) in [5.74, 6) is 0.933. The Bertz CT molecular complexity index is 1310. The predicted octanol–water partition coefficient (Wildman–Crippen LogP) is 6.53. The van der Waals surface area contributed by atoms with Gasteiger partial charge >= 0.3 is 6.03 Å². The van der Waals surface area contributed by atoms with E-state index in [0.717, 1.165) is 37.9 Å². The molecule has 1 atom stereocenters. The molecule has 0 bridgehead atoms. The number of allylic oxidation sites excluding steroid dienone is 1. The van der Waals surface area contributed by atoms with Crippen molar-refractivity contribution in [2.75, 3.05) is 11.2 Å². The van der Waals surface area contributed by atoms with Gasteiger partial charge in [-0.25, -0.2) is 4.79 Å². The highest BCUT2D eigenvalue weighted by molar-refractivity contribution is 7.98. The zero-order valence-corrected chi connectivity index (χ0v) is 20.0. The van der Waals surface area contributed by atoms with E-state index in [9.17, 15) is 4.79 Å². The monoisotopic (exact) mass is 474 g/mol. The van der Waals surface area contributed by atoms with Crippen molar-refractivity contribution in [2.45, 2.75) is 24.8 Å². The van der Waals surface area contributed by atoms with Gasteiger partial charge < -0.3 is 9.84 Å². The van der Waals surface area contributed by atoms with E-state index in [2.05, 4.69) is 22.6 Å². The first kappa shape index (κ1) is 21.5. The van der Waals surface area contributed by atoms with E-state index in [4.69, 9.17) is 9.51 Å². The Balaban J connectivity index is 1.64. The second kappa shape index (κ2) is 8.88. The molecule has 1 aliphatic rings. The van der Waals surface area contributed by atoms with E-state index >= 15 is 0 Å². The van der Waals surface area contributed by atoms with E-state index in [-0.39, 0.29) is 6.03 Å². The van der Waals surface area contributed by atoms with Gasteiger partial charge in [0.05, 0.1) is 22.2 Å². The van der Waals surface area contributed by atoms with E-state index in [1.165, 1.54) is 0 Å². The fourth-order valence-corrected chi connectivity index (χ4v) is 4.97. The van der Waals surface area contributed by atoms with Crippen molar-refractivity contribution in [2.24, 2.45) is 0 Å². The summed E-state index contributed by atoms with van der Waals surface area (Å²) in [6.07, 6.45) is 2.04. The Morgan fingerprint density at radius 2 is 1.82 bits per heavy atom. The summed E-state index contributed by atoms with van der Waals surface area (Å²) in [6, 6.07) is 19.3. The van der Waals surface area contributed by atoms with Crippen LogP contribution in [0, 0.1) is 6.92 Å². The number of benzene rings is 2. The minimum atomic E-state index is -0.410. The minimum Gasteiger partial charge on any atom is -0.334 e. The molecule has 1 unspecified atom stereocenters. The van der Waals surface area contributed by atoms with Crippen molar-refractivity contribution in [3.05, 3.63) is 88.8 Å². The Morgan fingerprint density at radius 1 is 1.06 bits per heavy atom. The highest BCUT2D eigenvalue weighted by atomic mass is 32.2. The molecule has 2 aromatic carbocycles. The van der Waals surface area contributed by atoms with Crippen LogP contribution in [0.5, 0.6) is 0 Å². The normalized spacial score (nSPS) is 16.3. The molecule has 166 valence electrons. The number of hydrogen-bond donors (Lipinski definition) is 1. The molecule has 0 saturated carbocycles. The number of aromatic nitrogens is 2. The summed E-state index contributed by atoms with van der Waals surface area (Å²) in [5.41, 5.74) is 4.39. The lowest BCUT2D eigenvalue weighted by Crippen LogP contribution is -2.46. The molecular weight excluding hydrogens is 452 g/mol. The molecule has 33 heavy (non-hydrogen) atoms. The van der Waals surface area contributed by atoms with Gasteiger partial charge in [0.15, 0.2) is 0 Å². The number of amides is 2. The molecule has 1 N–H and O–H groups in total. The number of anilines is 1. The van der Waals surface area contributed by atoms with Gasteiger partial charge in [-0.15, -0.1) is 23.1 Å². The van der Waals surface area contributed by atoms with E-state index in [1.807, 2.05) is 74.0 Å². The molecule has 5 rings (SSSR count). The van der Waals surface area contributed by atoms with Crippen molar-refractivity contribution < 1.29 is 9.32 Å². The molecule has 6 nitrogen and oxygen atoms in total. The number of nitrogens with zero attached hydrogens (tertiary/aromatic N) is 3. The number of nitrogens with one attached hydrogen (secondary N) is 1. The van der Waals surface area contributed by atoms with Gasteiger partial charge in [-0.3, -0.25) is 4.90 Å². The molecule has 0 spiro atoms. The molecule has 0 saturated heterocycles. The Labute approximate surface area is 200 Å². The lowest BCUT2D eigenvalue weighted by atomic mass is 9.94. The summed E-state index contributed by atoms with van der Waals surface area (Å²) in [4.78, 5) is 21.7. The summed E-state index contributed by atoms with van der Waals surface area (Å²) in [6.45, 7) is 3.94. The Kier molecular flexibility index (Phi) is 5.78. The van der Waals surface area contributed by atoms with Gasteiger partial charge in [0.1, 0.15) is 0 Å². The van der Waals surface area contributed by atoms with E-state index in [1.54, 1.807) is 28.0 Å². The second-order valence-electron chi connectivity index (χ2n) is 7.73. The number of hydrogen-bond acceptors (Lipinski definition) is 6. The summed E-state index contributed by atoms with van der Waals surface area (Å²) < 4.78 is 5.74. The van der Waals surface area contributed by atoms with Crippen LogP contribution in [0.4, 0.5) is 10.5 Å². The number of aryl methyl sites for hydroxylation is 1. The third-order valence-electron chi connectivity index (χ3n) is 5.62. The average molecular weight is 475 g/mol. The van der Waals surface area contributed by atoms with Crippen molar-refractivity contribution in [3.63, 3.8) is 0 Å². The SMILES string of the molecule is CSc1ccc(C2NC(=O)N(c3ccc(C)cc3)C(C)=C2c2nc(-c3cccs3)no2)cc1. The minimum absolute atomic E-state index is 0.197. The quantitative estimate of drug-likeness (QED) is 0.333. The van der Waals surface area contributed by atoms with Crippen molar-refractivity contribution >= 4 is 40.4 Å². The molecule has 1 aliphatic heterocycles. The molecule has 4 aromatic rings. The first-order chi connectivity index (χ1) is 16.0. The van der Waals surface area contributed by atoms with Gasteiger partial charge in [0, 0.05) is 10.6 Å². The fraction of sp³-hybridized carbons (Fsp3) is 0.160. The molecule has 0 aliphatic carbocycles. The van der Waals surface area contributed by atoms with Crippen molar-refractivity contribution in [1.82, 2.24) is 15.5 Å². The third-order valence-corrected chi connectivity index (χ3v) is 7.23. The first-order valence-electron chi connectivity index (χ1n) is 10.4. The molecule has 8 heteroatoms. The van der Waals surface area contributed by atoms with Crippen LogP contribution in [0.3, 0.4) is 0 Å². The summed E-state index contributed by atoms with van der Waals surface area (Å²) >= 11 is 3.23. The van der Waals surface area contributed by atoms with Gasteiger partial charge in [-0.2, -0.15) is 4.98 Å². The van der Waals surface area contributed by atoms with Crippen LogP contribution in [0.15, 0.2) is 81.2 Å². The van der Waals surface area contributed by atoms with E-state index in [0.29, 0.717) is 11.7 Å². The van der Waals surface area contributed by atoms with Gasteiger partial charge in [-0.1, -0.05) is 41.1 Å². The second-order valence-corrected chi connectivity index (χ2v) is 9.55. The smallest absolute Gasteiger partial charge is 0.326 e. The number of carbonyl (C=O) groups is 1. The summed E-state index contributed by atoms with van der Waals surface area (Å²) in [7, 11) is 0. The highest BCUT2D eigenvalue weighted by Gasteiger charge is 2.36. The van der Waals surface area contributed by atoms with Crippen LogP contribution in [0.2, 0.25) is 0 Å². The zero-order chi connectivity index (χ0) is 22.9. The molecular formula is C25H22N4O2S2. The molecule has 0 fully saturated rings. The third kappa shape index (κ3) is 4.07. The largest absolute Gasteiger partial charge is 0.334 e. The van der Waals surface area contributed by atoms with Crippen LogP contribution in [0.25, 0.3) is 16.3 Å². The van der Waals surface area contributed by atoms with Crippen molar-refractivity contribution in [1.29, 1.82) is 0 Å².